The van der Waals surface area contributed by atoms with Crippen LogP contribution in [0.5, 0.6) is 0 Å². The molecule has 2 amide bonds. The molecular weight excluding hydrogens is 448 g/mol. The molecule has 3 N–H and O–H groups in total. The number of carbonyl (C=O) groups excluding carboxylic acids is 2. The Morgan fingerprint density at radius 1 is 1.00 bits per heavy atom. The second-order valence-corrected chi connectivity index (χ2v) is 9.62. The quantitative estimate of drug-likeness (QED) is 0.510. The van der Waals surface area contributed by atoms with Crippen molar-refractivity contribution in [3.05, 3.63) is 59.7 Å². The smallest absolute Gasteiger partial charge is 0.407 e. The lowest BCUT2D eigenvalue weighted by molar-refractivity contribution is -0.142. The summed E-state index contributed by atoms with van der Waals surface area (Å²) in [5.74, 6) is -1.53. The van der Waals surface area contributed by atoms with Gasteiger partial charge in [-0.1, -0.05) is 61.4 Å². The molecule has 1 heterocycles. The Labute approximate surface area is 204 Å². The van der Waals surface area contributed by atoms with Gasteiger partial charge in [0.05, 0.1) is 12.0 Å². The monoisotopic (exact) mass is 478 g/mol. The van der Waals surface area contributed by atoms with Gasteiger partial charge in [-0.3, -0.25) is 9.59 Å². The number of carboxylic acids is 1. The first-order valence-corrected chi connectivity index (χ1v) is 12.2. The number of benzene rings is 2. The predicted octanol–water partition coefficient (Wildman–Crippen LogP) is 3.30. The maximum Gasteiger partial charge on any atom is 0.407 e. The molecule has 8 nitrogen and oxygen atoms in total. The molecule has 35 heavy (non-hydrogen) atoms. The number of rotatable bonds is 9. The second-order valence-electron chi connectivity index (χ2n) is 9.62. The van der Waals surface area contributed by atoms with Crippen LogP contribution in [-0.4, -0.2) is 55.0 Å². The molecule has 1 saturated carbocycles. The topological polar surface area (TPSA) is 114 Å². The van der Waals surface area contributed by atoms with Crippen molar-refractivity contribution in [2.24, 2.45) is 11.8 Å². The lowest BCUT2D eigenvalue weighted by Crippen LogP contribution is -2.49. The third-order valence-corrected chi connectivity index (χ3v) is 7.18. The maximum atomic E-state index is 12.7. The largest absolute Gasteiger partial charge is 0.481 e. The van der Waals surface area contributed by atoms with Crippen LogP contribution in [0.1, 0.15) is 42.7 Å². The van der Waals surface area contributed by atoms with Crippen LogP contribution >= 0.6 is 0 Å². The van der Waals surface area contributed by atoms with Crippen LogP contribution < -0.4 is 10.6 Å². The minimum atomic E-state index is -0.905. The van der Waals surface area contributed by atoms with Gasteiger partial charge in [0, 0.05) is 19.1 Å². The van der Waals surface area contributed by atoms with Crippen molar-refractivity contribution in [2.75, 3.05) is 19.8 Å². The van der Waals surface area contributed by atoms with Crippen LogP contribution in [0.2, 0.25) is 0 Å². The van der Waals surface area contributed by atoms with Gasteiger partial charge in [-0.15, -0.1) is 0 Å². The average molecular weight is 479 g/mol. The fraction of sp³-hybridized carbons (Fsp3) is 0.444. The molecule has 1 aliphatic heterocycles. The number of carbonyl (C=O) groups is 3. The number of amides is 2. The highest BCUT2D eigenvalue weighted by molar-refractivity contribution is 5.83. The van der Waals surface area contributed by atoms with E-state index in [0.717, 1.165) is 35.1 Å². The Morgan fingerprint density at radius 2 is 1.66 bits per heavy atom. The van der Waals surface area contributed by atoms with Crippen molar-refractivity contribution >= 4 is 18.0 Å². The van der Waals surface area contributed by atoms with E-state index in [9.17, 15) is 19.5 Å². The van der Waals surface area contributed by atoms with Crippen molar-refractivity contribution in [1.29, 1.82) is 0 Å². The minimum Gasteiger partial charge on any atom is -0.481 e. The summed E-state index contributed by atoms with van der Waals surface area (Å²) >= 11 is 0. The molecule has 2 aliphatic carbocycles. The van der Waals surface area contributed by atoms with E-state index >= 15 is 0 Å². The number of carboxylic acid groups (broad SMARTS) is 1. The predicted molar refractivity (Wildman–Crippen MR) is 128 cm³/mol. The van der Waals surface area contributed by atoms with E-state index in [-0.39, 0.29) is 19.1 Å². The molecule has 3 aliphatic rings. The van der Waals surface area contributed by atoms with Gasteiger partial charge in [-0.05, 0) is 41.0 Å². The summed E-state index contributed by atoms with van der Waals surface area (Å²) in [6.45, 7) is 0.574. The first kappa shape index (κ1) is 23.4. The Morgan fingerprint density at radius 3 is 2.29 bits per heavy atom. The summed E-state index contributed by atoms with van der Waals surface area (Å²) in [6, 6.07) is 15.7. The number of nitrogens with one attached hydrogen (secondary N) is 2. The number of aliphatic carboxylic acids is 1. The molecule has 2 fully saturated rings. The van der Waals surface area contributed by atoms with Gasteiger partial charge >= 0.3 is 12.1 Å². The first-order valence-electron chi connectivity index (χ1n) is 12.2. The van der Waals surface area contributed by atoms with Crippen LogP contribution in [0, 0.1) is 11.8 Å². The van der Waals surface area contributed by atoms with Crippen LogP contribution in [0.25, 0.3) is 11.1 Å². The van der Waals surface area contributed by atoms with Crippen molar-refractivity contribution in [2.45, 2.75) is 43.7 Å². The normalized spacial score (nSPS) is 21.6. The highest BCUT2D eigenvalue weighted by Crippen LogP contribution is 2.44. The highest BCUT2D eigenvalue weighted by atomic mass is 16.6. The molecule has 0 aromatic heterocycles. The molecule has 3 atom stereocenters. The van der Waals surface area contributed by atoms with E-state index in [1.807, 2.05) is 24.3 Å². The summed E-state index contributed by atoms with van der Waals surface area (Å²) in [5.41, 5.74) is 4.56. The lowest BCUT2D eigenvalue weighted by Gasteiger charge is -2.21. The molecule has 0 bridgehead atoms. The van der Waals surface area contributed by atoms with Gasteiger partial charge in [0.25, 0.3) is 5.91 Å². The maximum absolute atomic E-state index is 12.7. The summed E-state index contributed by atoms with van der Waals surface area (Å²) in [5, 5.41) is 14.9. The molecule has 8 heteroatoms. The Balaban J connectivity index is 1.15. The van der Waals surface area contributed by atoms with E-state index in [0.29, 0.717) is 25.4 Å². The standard InChI is InChI=1S/C27H30N2O6/c30-25(28-14-17(26(31)32)13-16-9-10-16)24-23(11-12-34-24)29-27(33)35-15-22-20-7-3-1-5-18(20)19-6-2-4-8-21(19)22/h1-8,16-17,22-24H,9-15H2,(H,28,30)(H,29,33)(H,31,32)/t17?,23-,24+/m1/s1. The fourth-order valence-electron chi connectivity index (χ4n) is 5.14. The Hall–Kier alpha value is -3.39. The molecule has 2 aromatic carbocycles. The molecule has 0 spiro atoms. The number of ether oxygens (including phenoxy) is 2. The van der Waals surface area contributed by atoms with E-state index in [1.54, 1.807) is 0 Å². The Kier molecular flexibility index (Phi) is 6.72. The van der Waals surface area contributed by atoms with Crippen LogP contribution in [0.15, 0.2) is 48.5 Å². The second kappa shape index (κ2) is 10.1. The van der Waals surface area contributed by atoms with Gasteiger partial charge < -0.3 is 25.2 Å². The molecular formula is C27H30N2O6. The lowest BCUT2D eigenvalue weighted by atomic mass is 9.98. The number of fused-ring (bicyclic) bond motifs is 3. The zero-order chi connectivity index (χ0) is 24.4. The number of alkyl carbamates (subject to hydrolysis) is 1. The van der Waals surface area contributed by atoms with E-state index in [4.69, 9.17) is 9.47 Å². The average Bonchev–Trinajstić information content (AvgIpc) is 3.47. The molecule has 1 saturated heterocycles. The van der Waals surface area contributed by atoms with Crippen molar-refractivity contribution in [3.8, 4) is 11.1 Å². The van der Waals surface area contributed by atoms with Gasteiger partial charge in [0.2, 0.25) is 0 Å². The third-order valence-electron chi connectivity index (χ3n) is 7.18. The first-order chi connectivity index (χ1) is 17.0. The fourth-order valence-corrected chi connectivity index (χ4v) is 5.14. The van der Waals surface area contributed by atoms with Gasteiger partial charge in [0.1, 0.15) is 6.61 Å². The zero-order valence-corrected chi connectivity index (χ0v) is 19.4. The van der Waals surface area contributed by atoms with Crippen LogP contribution in [-0.2, 0) is 19.1 Å². The Bertz CT molecular complexity index is 1070. The van der Waals surface area contributed by atoms with E-state index in [1.165, 1.54) is 0 Å². The number of hydrogen-bond donors (Lipinski definition) is 3. The SMILES string of the molecule is O=C(N[C@@H]1CCO[C@@H]1C(=O)NCC(CC1CC1)C(=O)O)OCC1c2ccccc2-c2ccccc21. The molecule has 5 rings (SSSR count). The summed E-state index contributed by atoms with van der Waals surface area (Å²) in [6.07, 6.45) is 1.68. The van der Waals surface area contributed by atoms with E-state index in [2.05, 4.69) is 34.9 Å². The minimum absolute atomic E-state index is 0.0495. The van der Waals surface area contributed by atoms with Crippen molar-refractivity contribution < 1.29 is 29.0 Å². The third kappa shape index (κ3) is 5.17. The number of hydrogen-bond acceptors (Lipinski definition) is 5. The molecule has 1 unspecified atom stereocenters. The van der Waals surface area contributed by atoms with Crippen LogP contribution in [0.3, 0.4) is 0 Å². The molecule has 2 aromatic rings. The summed E-state index contributed by atoms with van der Waals surface area (Å²) in [4.78, 5) is 36.8. The van der Waals surface area contributed by atoms with E-state index < -0.39 is 36.0 Å². The zero-order valence-electron chi connectivity index (χ0n) is 19.4. The van der Waals surface area contributed by atoms with Crippen molar-refractivity contribution in [1.82, 2.24) is 10.6 Å². The highest BCUT2D eigenvalue weighted by Gasteiger charge is 2.37. The summed E-state index contributed by atoms with van der Waals surface area (Å²) in [7, 11) is 0. The van der Waals surface area contributed by atoms with Gasteiger partial charge in [0.15, 0.2) is 6.10 Å². The van der Waals surface area contributed by atoms with Crippen LogP contribution in [0.4, 0.5) is 4.79 Å². The summed E-state index contributed by atoms with van der Waals surface area (Å²) < 4.78 is 11.2. The van der Waals surface area contributed by atoms with Gasteiger partial charge in [-0.25, -0.2) is 4.79 Å². The molecule has 0 radical (unpaired) electrons. The van der Waals surface area contributed by atoms with Gasteiger partial charge in [-0.2, -0.15) is 0 Å². The molecule has 184 valence electrons. The van der Waals surface area contributed by atoms with Crippen molar-refractivity contribution in [3.63, 3.8) is 0 Å².